The molecule has 0 saturated heterocycles. The van der Waals surface area contributed by atoms with Gasteiger partial charge < -0.3 is 9.47 Å². The normalized spacial score (nSPS) is 12.2. The first-order chi connectivity index (χ1) is 12.1. The molecule has 1 amide bonds. The van der Waals surface area contributed by atoms with Gasteiger partial charge in [0.05, 0.1) is 10.6 Å². The van der Waals surface area contributed by atoms with Crippen LogP contribution in [0.1, 0.15) is 10.4 Å². The van der Waals surface area contributed by atoms with Gasteiger partial charge in [-0.25, -0.2) is 0 Å². The number of amides is 1. The Morgan fingerprint density at radius 2 is 1.92 bits per heavy atom. The van der Waals surface area contributed by atoms with E-state index in [2.05, 4.69) is 15.5 Å². The van der Waals surface area contributed by atoms with E-state index in [1.807, 2.05) is 18.2 Å². The molecule has 2 aromatic carbocycles. The van der Waals surface area contributed by atoms with Crippen LogP contribution in [-0.2, 0) is 0 Å². The third-order valence-corrected chi connectivity index (χ3v) is 4.88. The van der Waals surface area contributed by atoms with E-state index in [1.54, 1.807) is 12.1 Å². The number of benzene rings is 2. The highest BCUT2D eigenvalue weighted by molar-refractivity contribution is 7.18. The van der Waals surface area contributed by atoms with Crippen LogP contribution in [0, 0.1) is 0 Å². The molecule has 0 saturated carbocycles. The Morgan fingerprint density at radius 1 is 1.08 bits per heavy atom. The van der Waals surface area contributed by atoms with Gasteiger partial charge in [-0.15, -0.1) is 10.2 Å². The minimum absolute atomic E-state index is 0.206. The Morgan fingerprint density at radius 3 is 2.76 bits per heavy atom. The molecule has 6 nitrogen and oxygen atoms in total. The SMILES string of the molecule is O=C(Nc1nnc(-c2ccc3c(c2)OCO3)s1)c1ccc(Cl)cc1Cl. The Kier molecular flexibility index (Phi) is 4.20. The van der Waals surface area contributed by atoms with Crippen LogP contribution >= 0.6 is 34.5 Å². The molecule has 0 aliphatic carbocycles. The highest BCUT2D eigenvalue weighted by Crippen LogP contribution is 2.37. The Balaban J connectivity index is 1.54. The monoisotopic (exact) mass is 393 g/mol. The van der Waals surface area contributed by atoms with Gasteiger partial charge in [0.15, 0.2) is 11.5 Å². The summed E-state index contributed by atoms with van der Waals surface area (Å²) in [7, 11) is 0. The molecule has 126 valence electrons. The van der Waals surface area contributed by atoms with Crippen LogP contribution in [0.15, 0.2) is 36.4 Å². The van der Waals surface area contributed by atoms with Gasteiger partial charge in [0, 0.05) is 10.6 Å². The maximum atomic E-state index is 12.3. The van der Waals surface area contributed by atoms with Crippen LogP contribution in [0.2, 0.25) is 10.0 Å². The van der Waals surface area contributed by atoms with E-state index in [4.69, 9.17) is 32.7 Å². The molecule has 4 rings (SSSR count). The van der Waals surface area contributed by atoms with Crippen LogP contribution in [0.3, 0.4) is 0 Å². The van der Waals surface area contributed by atoms with E-state index in [-0.39, 0.29) is 17.7 Å². The first-order valence-electron chi connectivity index (χ1n) is 7.10. The third-order valence-electron chi connectivity index (χ3n) is 3.44. The summed E-state index contributed by atoms with van der Waals surface area (Å²) in [5, 5.41) is 12.5. The van der Waals surface area contributed by atoms with Gasteiger partial charge in [0.25, 0.3) is 5.91 Å². The highest BCUT2D eigenvalue weighted by atomic mass is 35.5. The standard InChI is InChI=1S/C16H9Cl2N3O3S/c17-9-2-3-10(11(18)6-9)14(22)19-16-21-20-15(25-16)8-1-4-12-13(5-8)24-7-23-12/h1-6H,7H2,(H,19,21,22). The Labute approximate surface area is 156 Å². The first-order valence-corrected chi connectivity index (χ1v) is 8.67. The van der Waals surface area contributed by atoms with Crippen molar-refractivity contribution in [1.29, 1.82) is 0 Å². The third kappa shape index (κ3) is 3.26. The number of ether oxygens (including phenoxy) is 2. The van der Waals surface area contributed by atoms with Crippen molar-refractivity contribution in [3.8, 4) is 22.1 Å². The summed E-state index contributed by atoms with van der Waals surface area (Å²) in [6.07, 6.45) is 0. The quantitative estimate of drug-likeness (QED) is 0.709. The van der Waals surface area contributed by atoms with Crippen LogP contribution in [0.4, 0.5) is 5.13 Å². The Hall–Kier alpha value is -2.35. The maximum absolute atomic E-state index is 12.3. The zero-order valence-corrected chi connectivity index (χ0v) is 14.8. The number of hydrogen-bond donors (Lipinski definition) is 1. The van der Waals surface area contributed by atoms with Crippen molar-refractivity contribution >= 4 is 45.6 Å². The average Bonchev–Trinajstić information content (AvgIpc) is 3.22. The van der Waals surface area contributed by atoms with Crippen molar-refractivity contribution < 1.29 is 14.3 Å². The van der Waals surface area contributed by atoms with Gasteiger partial charge in [-0.05, 0) is 36.4 Å². The highest BCUT2D eigenvalue weighted by Gasteiger charge is 2.17. The van der Waals surface area contributed by atoms with E-state index in [0.29, 0.717) is 32.2 Å². The average molecular weight is 394 g/mol. The molecule has 1 aliphatic heterocycles. The van der Waals surface area contributed by atoms with Crippen LogP contribution in [-0.4, -0.2) is 22.9 Å². The molecule has 1 aliphatic rings. The lowest BCUT2D eigenvalue weighted by atomic mass is 10.2. The molecule has 0 bridgehead atoms. The van der Waals surface area contributed by atoms with E-state index in [9.17, 15) is 4.79 Å². The zero-order chi connectivity index (χ0) is 17.4. The van der Waals surface area contributed by atoms with Crippen molar-refractivity contribution in [2.75, 3.05) is 12.1 Å². The molecular formula is C16H9Cl2N3O3S. The summed E-state index contributed by atoms with van der Waals surface area (Å²) in [6, 6.07) is 10.2. The minimum atomic E-state index is -0.380. The topological polar surface area (TPSA) is 73.3 Å². The van der Waals surface area contributed by atoms with Gasteiger partial charge in [-0.3, -0.25) is 10.1 Å². The van der Waals surface area contributed by atoms with Crippen LogP contribution in [0.25, 0.3) is 10.6 Å². The largest absolute Gasteiger partial charge is 0.454 e. The summed E-state index contributed by atoms with van der Waals surface area (Å²) in [5.41, 5.74) is 1.14. The molecule has 9 heteroatoms. The minimum Gasteiger partial charge on any atom is -0.454 e. The van der Waals surface area contributed by atoms with Gasteiger partial charge in [0.2, 0.25) is 11.9 Å². The second-order valence-electron chi connectivity index (χ2n) is 5.06. The molecule has 3 aromatic rings. The second kappa shape index (κ2) is 6.51. The summed E-state index contributed by atoms with van der Waals surface area (Å²) in [4.78, 5) is 12.3. The van der Waals surface area contributed by atoms with E-state index < -0.39 is 0 Å². The first kappa shape index (κ1) is 16.1. The van der Waals surface area contributed by atoms with Gasteiger partial charge >= 0.3 is 0 Å². The molecule has 0 atom stereocenters. The molecule has 2 heterocycles. The van der Waals surface area contributed by atoms with Gasteiger partial charge in [0.1, 0.15) is 5.01 Å². The van der Waals surface area contributed by atoms with E-state index in [0.717, 1.165) is 5.56 Å². The lowest BCUT2D eigenvalue weighted by Crippen LogP contribution is -2.12. The van der Waals surface area contributed by atoms with Crippen molar-refractivity contribution in [2.24, 2.45) is 0 Å². The molecule has 1 aromatic heterocycles. The zero-order valence-electron chi connectivity index (χ0n) is 12.5. The number of carbonyl (C=O) groups excluding carboxylic acids is 1. The number of halogens is 2. The molecule has 0 spiro atoms. The molecular weight excluding hydrogens is 385 g/mol. The molecule has 0 radical (unpaired) electrons. The molecule has 1 N–H and O–H groups in total. The van der Waals surface area contributed by atoms with Crippen molar-refractivity contribution in [3.05, 3.63) is 52.0 Å². The number of aromatic nitrogens is 2. The number of carbonyl (C=O) groups is 1. The smallest absolute Gasteiger partial charge is 0.259 e. The van der Waals surface area contributed by atoms with Gasteiger partial charge in [-0.2, -0.15) is 0 Å². The Bertz CT molecular complexity index is 977. The number of anilines is 1. The molecule has 0 fully saturated rings. The lowest BCUT2D eigenvalue weighted by Gasteiger charge is -2.03. The summed E-state index contributed by atoms with van der Waals surface area (Å²) >= 11 is 13.1. The fourth-order valence-electron chi connectivity index (χ4n) is 2.26. The van der Waals surface area contributed by atoms with E-state index >= 15 is 0 Å². The number of nitrogens with zero attached hydrogens (tertiary/aromatic N) is 2. The second-order valence-corrected chi connectivity index (χ2v) is 6.88. The number of nitrogens with one attached hydrogen (secondary N) is 1. The van der Waals surface area contributed by atoms with Crippen molar-refractivity contribution in [2.45, 2.75) is 0 Å². The molecule has 0 unspecified atom stereocenters. The predicted molar refractivity (Wildman–Crippen MR) is 95.9 cm³/mol. The van der Waals surface area contributed by atoms with Crippen LogP contribution < -0.4 is 14.8 Å². The van der Waals surface area contributed by atoms with Crippen molar-refractivity contribution in [1.82, 2.24) is 10.2 Å². The number of fused-ring (bicyclic) bond motifs is 1. The van der Waals surface area contributed by atoms with Crippen molar-refractivity contribution in [3.63, 3.8) is 0 Å². The van der Waals surface area contributed by atoms with E-state index in [1.165, 1.54) is 17.4 Å². The van der Waals surface area contributed by atoms with Crippen LogP contribution in [0.5, 0.6) is 11.5 Å². The fourth-order valence-corrected chi connectivity index (χ4v) is 3.49. The molecule has 25 heavy (non-hydrogen) atoms. The summed E-state index contributed by atoms with van der Waals surface area (Å²) < 4.78 is 10.6. The predicted octanol–water partition coefficient (Wildman–Crippen LogP) is 4.49. The summed E-state index contributed by atoms with van der Waals surface area (Å²) in [5.74, 6) is 0.973. The fraction of sp³-hybridized carbons (Fsp3) is 0.0625. The number of hydrogen-bond acceptors (Lipinski definition) is 6. The maximum Gasteiger partial charge on any atom is 0.259 e. The van der Waals surface area contributed by atoms with Gasteiger partial charge in [-0.1, -0.05) is 34.5 Å². The summed E-state index contributed by atoms with van der Waals surface area (Å²) in [6.45, 7) is 0.206. The lowest BCUT2D eigenvalue weighted by molar-refractivity contribution is 0.102. The number of rotatable bonds is 3.